The lowest BCUT2D eigenvalue weighted by molar-refractivity contribution is 0.209. The van der Waals surface area contributed by atoms with Gasteiger partial charge >= 0.3 is 0 Å². The minimum absolute atomic E-state index is 0.461. The highest BCUT2D eigenvalue weighted by atomic mass is 35.5. The van der Waals surface area contributed by atoms with E-state index in [0.29, 0.717) is 30.0 Å². The minimum Gasteiger partial charge on any atom is -0.489 e. The number of benzene rings is 1. The lowest BCUT2D eigenvalue weighted by atomic mass is 10.1. The van der Waals surface area contributed by atoms with Crippen LogP contribution in [0.25, 0.3) is 0 Å². The number of hydrogen-bond acceptors (Lipinski definition) is 4. The van der Waals surface area contributed by atoms with Crippen molar-refractivity contribution in [1.29, 1.82) is 0 Å². The highest BCUT2D eigenvalue weighted by Gasteiger charge is 2.17. The Morgan fingerprint density at radius 2 is 1.91 bits per heavy atom. The van der Waals surface area contributed by atoms with Crippen LogP contribution in [0.5, 0.6) is 11.5 Å². The molecular weight excluding hydrogens is 312 g/mol. The monoisotopic (exact) mass is 338 g/mol. The summed E-state index contributed by atoms with van der Waals surface area (Å²) in [4.78, 5) is 2.56. The first-order valence-electron chi connectivity index (χ1n) is 8.76. The van der Waals surface area contributed by atoms with Gasteiger partial charge in [0.05, 0.1) is 18.2 Å². The van der Waals surface area contributed by atoms with E-state index < -0.39 is 0 Å². The van der Waals surface area contributed by atoms with E-state index in [-0.39, 0.29) is 0 Å². The summed E-state index contributed by atoms with van der Waals surface area (Å²) in [6, 6.07) is 4.49. The van der Waals surface area contributed by atoms with Crippen molar-refractivity contribution in [2.45, 2.75) is 45.2 Å². The standard InChI is InChI=1S/C18H27ClN2O2/c1-14(13-21-6-3-2-4-7-21)20-12-15-10-16(19)18-17(11-15)22-8-5-9-23-18/h10-11,14,20H,2-9,12-13H2,1H3. The van der Waals surface area contributed by atoms with Crippen LogP contribution >= 0.6 is 11.6 Å². The van der Waals surface area contributed by atoms with Crippen molar-refractivity contribution >= 4 is 11.6 Å². The van der Waals surface area contributed by atoms with Crippen molar-refractivity contribution in [3.63, 3.8) is 0 Å². The van der Waals surface area contributed by atoms with Gasteiger partial charge in [-0.3, -0.25) is 0 Å². The van der Waals surface area contributed by atoms with Crippen molar-refractivity contribution in [2.24, 2.45) is 0 Å². The van der Waals surface area contributed by atoms with Crippen molar-refractivity contribution in [1.82, 2.24) is 10.2 Å². The molecule has 3 rings (SSSR count). The van der Waals surface area contributed by atoms with Gasteiger partial charge in [-0.1, -0.05) is 18.0 Å². The molecule has 1 atom stereocenters. The van der Waals surface area contributed by atoms with E-state index >= 15 is 0 Å². The van der Waals surface area contributed by atoms with Gasteiger partial charge in [0.1, 0.15) is 0 Å². The van der Waals surface area contributed by atoms with Crippen LogP contribution in [0, 0.1) is 0 Å². The molecule has 23 heavy (non-hydrogen) atoms. The quantitative estimate of drug-likeness (QED) is 0.891. The maximum Gasteiger partial charge on any atom is 0.179 e. The van der Waals surface area contributed by atoms with E-state index in [1.807, 2.05) is 12.1 Å². The molecule has 1 unspecified atom stereocenters. The third kappa shape index (κ3) is 4.75. The molecule has 2 heterocycles. The molecule has 1 saturated heterocycles. The Morgan fingerprint density at radius 1 is 1.13 bits per heavy atom. The van der Waals surface area contributed by atoms with Crippen LogP contribution in [0.4, 0.5) is 0 Å². The first kappa shape index (κ1) is 16.9. The molecule has 4 nitrogen and oxygen atoms in total. The molecule has 0 radical (unpaired) electrons. The molecule has 5 heteroatoms. The fourth-order valence-corrected chi connectivity index (χ4v) is 3.56. The first-order valence-corrected chi connectivity index (χ1v) is 9.14. The lowest BCUT2D eigenvalue weighted by Crippen LogP contribution is -2.41. The van der Waals surface area contributed by atoms with Crippen molar-refractivity contribution < 1.29 is 9.47 Å². The van der Waals surface area contributed by atoms with Crippen molar-refractivity contribution in [2.75, 3.05) is 32.8 Å². The molecule has 1 N–H and O–H groups in total. The summed E-state index contributed by atoms with van der Waals surface area (Å²) >= 11 is 6.35. The van der Waals surface area contributed by atoms with Gasteiger partial charge in [-0.2, -0.15) is 0 Å². The zero-order valence-electron chi connectivity index (χ0n) is 13.9. The number of rotatable bonds is 5. The Hall–Kier alpha value is -0.970. The summed E-state index contributed by atoms with van der Waals surface area (Å²) < 4.78 is 11.4. The summed E-state index contributed by atoms with van der Waals surface area (Å²) in [6.45, 7) is 7.98. The van der Waals surface area contributed by atoms with E-state index in [0.717, 1.165) is 30.8 Å². The molecule has 2 aliphatic rings. The molecule has 1 fully saturated rings. The number of nitrogens with zero attached hydrogens (tertiary/aromatic N) is 1. The lowest BCUT2D eigenvalue weighted by Gasteiger charge is -2.29. The average Bonchev–Trinajstić information content (AvgIpc) is 2.80. The van der Waals surface area contributed by atoms with Crippen LogP contribution in [0.2, 0.25) is 5.02 Å². The molecule has 1 aromatic rings. The average molecular weight is 339 g/mol. The number of halogens is 1. The number of piperidine rings is 1. The van der Waals surface area contributed by atoms with E-state index in [4.69, 9.17) is 21.1 Å². The molecule has 0 aromatic heterocycles. The highest BCUT2D eigenvalue weighted by molar-refractivity contribution is 6.32. The van der Waals surface area contributed by atoms with Crippen LogP contribution in [-0.4, -0.2) is 43.8 Å². The summed E-state index contributed by atoms with van der Waals surface area (Å²) in [5.74, 6) is 1.46. The summed E-state index contributed by atoms with van der Waals surface area (Å²) in [6.07, 6.45) is 4.95. The van der Waals surface area contributed by atoms with E-state index in [9.17, 15) is 0 Å². The normalized spacial score (nSPS) is 20.1. The second kappa shape index (κ2) is 8.22. The molecule has 0 amide bonds. The number of fused-ring (bicyclic) bond motifs is 1. The largest absolute Gasteiger partial charge is 0.489 e. The third-order valence-corrected chi connectivity index (χ3v) is 4.78. The van der Waals surface area contributed by atoms with Crippen molar-refractivity contribution in [3.05, 3.63) is 22.7 Å². The van der Waals surface area contributed by atoms with Gasteiger partial charge < -0.3 is 19.7 Å². The number of ether oxygens (including phenoxy) is 2. The van der Waals surface area contributed by atoms with Gasteiger partial charge in [0.15, 0.2) is 11.5 Å². The smallest absolute Gasteiger partial charge is 0.179 e. The molecule has 0 bridgehead atoms. The summed E-state index contributed by atoms with van der Waals surface area (Å²) in [7, 11) is 0. The van der Waals surface area contributed by atoms with Gasteiger partial charge in [-0.05, 0) is 50.6 Å². The second-order valence-electron chi connectivity index (χ2n) is 6.60. The molecule has 128 valence electrons. The van der Waals surface area contributed by atoms with Crippen LogP contribution < -0.4 is 14.8 Å². The second-order valence-corrected chi connectivity index (χ2v) is 7.01. The maximum absolute atomic E-state index is 6.35. The van der Waals surface area contributed by atoms with Gasteiger partial charge in [0, 0.05) is 25.6 Å². The number of nitrogens with one attached hydrogen (secondary N) is 1. The fourth-order valence-electron chi connectivity index (χ4n) is 3.27. The predicted molar refractivity (Wildman–Crippen MR) is 93.7 cm³/mol. The molecule has 1 aromatic carbocycles. The highest BCUT2D eigenvalue weighted by Crippen LogP contribution is 2.37. The Balaban J connectivity index is 1.55. The van der Waals surface area contributed by atoms with Crippen LogP contribution in [0.1, 0.15) is 38.2 Å². The van der Waals surface area contributed by atoms with Gasteiger partial charge in [0.25, 0.3) is 0 Å². The maximum atomic E-state index is 6.35. The third-order valence-electron chi connectivity index (χ3n) is 4.50. The SMILES string of the molecule is CC(CN1CCCCC1)NCc1cc(Cl)c2c(c1)OCCCO2. The summed E-state index contributed by atoms with van der Waals surface area (Å²) in [5.41, 5.74) is 1.14. The van der Waals surface area contributed by atoms with Gasteiger partial charge in [-0.25, -0.2) is 0 Å². The Bertz CT molecular complexity index is 518. The van der Waals surface area contributed by atoms with Gasteiger partial charge in [-0.15, -0.1) is 0 Å². The summed E-state index contributed by atoms with van der Waals surface area (Å²) in [5, 5.41) is 4.24. The molecule has 0 spiro atoms. The topological polar surface area (TPSA) is 33.7 Å². The van der Waals surface area contributed by atoms with E-state index in [1.165, 1.54) is 32.4 Å². The van der Waals surface area contributed by atoms with Crippen LogP contribution in [0.3, 0.4) is 0 Å². The minimum atomic E-state index is 0.461. The molecule has 0 saturated carbocycles. The zero-order chi connectivity index (χ0) is 16.1. The fraction of sp³-hybridized carbons (Fsp3) is 0.667. The predicted octanol–water partition coefficient (Wildman–Crippen LogP) is 3.47. The Kier molecular flexibility index (Phi) is 6.03. The Morgan fingerprint density at radius 3 is 2.74 bits per heavy atom. The first-order chi connectivity index (χ1) is 11.2. The van der Waals surface area contributed by atoms with E-state index in [1.54, 1.807) is 0 Å². The Labute approximate surface area is 144 Å². The number of hydrogen-bond donors (Lipinski definition) is 1. The zero-order valence-corrected chi connectivity index (χ0v) is 14.7. The molecule has 0 aliphatic carbocycles. The van der Waals surface area contributed by atoms with E-state index in [2.05, 4.69) is 17.1 Å². The van der Waals surface area contributed by atoms with Gasteiger partial charge in [0.2, 0.25) is 0 Å². The van der Waals surface area contributed by atoms with Crippen LogP contribution in [-0.2, 0) is 6.54 Å². The van der Waals surface area contributed by atoms with Crippen LogP contribution in [0.15, 0.2) is 12.1 Å². The molecule has 2 aliphatic heterocycles. The molecular formula is C18H27ClN2O2. The number of likely N-dealkylation sites (tertiary alicyclic amines) is 1. The van der Waals surface area contributed by atoms with Crippen molar-refractivity contribution in [3.8, 4) is 11.5 Å².